The molecule has 1 aromatic heterocycles. The lowest BCUT2D eigenvalue weighted by molar-refractivity contribution is 0.252. The van der Waals surface area contributed by atoms with Crippen molar-refractivity contribution in [3.05, 3.63) is 90.5 Å². The van der Waals surface area contributed by atoms with Crippen molar-refractivity contribution in [2.45, 2.75) is 13.5 Å². The van der Waals surface area contributed by atoms with Gasteiger partial charge in [-0.05, 0) is 65.4 Å². The minimum Gasteiger partial charge on any atom is -0.494 e. The predicted molar refractivity (Wildman–Crippen MR) is 121 cm³/mol. The van der Waals surface area contributed by atoms with Crippen molar-refractivity contribution in [1.29, 1.82) is 0 Å². The number of amides is 2. The molecule has 0 unspecified atom stereocenters. The van der Waals surface area contributed by atoms with Crippen molar-refractivity contribution in [2.75, 3.05) is 11.9 Å². The third kappa shape index (κ3) is 4.80. The summed E-state index contributed by atoms with van der Waals surface area (Å²) in [6.45, 7) is 2.90. The van der Waals surface area contributed by atoms with Gasteiger partial charge < -0.3 is 15.4 Å². The number of nitrogens with zero attached hydrogens (tertiary/aromatic N) is 1. The Labute approximate surface area is 179 Å². The second-order valence-electron chi connectivity index (χ2n) is 6.97. The lowest BCUT2D eigenvalue weighted by Gasteiger charge is -2.13. The smallest absolute Gasteiger partial charge is 0.319 e. The molecule has 4 rings (SSSR count). The number of hydrogen-bond acceptors (Lipinski definition) is 3. The molecule has 0 bridgehead atoms. The number of carbonyl (C=O) groups is 1. The van der Waals surface area contributed by atoms with Gasteiger partial charge in [-0.15, -0.1) is 0 Å². The molecule has 0 saturated heterocycles. The number of nitrogens with one attached hydrogen (secondary N) is 2. The van der Waals surface area contributed by atoms with Crippen LogP contribution in [-0.2, 0) is 6.54 Å². The van der Waals surface area contributed by atoms with Gasteiger partial charge in [0.15, 0.2) is 0 Å². The molecular weight excluding hydrogens is 393 g/mol. The van der Waals surface area contributed by atoms with Crippen molar-refractivity contribution < 1.29 is 13.9 Å². The van der Waals surface area contributed by atoms with Crippen LogP contribution in [0.4, 0.5) is 14.9 Å². The second-order valence-corrected chi connectivity index (χ2v) is 6.97. The zero-order valence-corrected chi connectivity index (χ0v) is 17.1. The maximum Gasteiger partial charge on any atom is 0.319 e. The van der Waals surface area contributed by atoms with Gasteiger partial charge in [-0.2, -0.15) is 0 Å². The van der Waals surface area contributed by atoms with Crippen LogP contribution < -0.4 is 15.4 Å². The van der Waals surface area contributed by atoms with E-state index in [0.29, 0.717) is 18.8 Å². The number of hydrogen-bond donors (Lipinski definition) is 2. The van der Waals surface area contributed by atoms with E-state index in [1.54, 1.807) is 24.5 Å². The van der Waals surface area contributed by atoms with Gasteiger partial charge in [-0.3, -0.25) is 4.98 Å². The normalized spacial score (nSPS) is 10.6. The van der Waals surface area contributed by atoms with Crippen LogP contribution in [0.1, 0.15) is 12.5 Å². The highest BCUT2D eigenvalue weighted by atomic mass is 19.1. The number of ether oxygens (including phenoxy) is 1. The molecule has 0 aliphatic heterocycles. The minimum atomic E-state index is -0.404. The fourth-order valence-electron chi connectivity index (χ4n) is 3.47. The van der Waals surface area contributed by atoms with E-state index in [1.807, 2.05) is 49.4 Å². The van der Waals surface area contributed by atoms with E-state index in [4.69, 9.17) is 4.74 Å². The number of carbonyl (C=O) groups excluding carboxylic acids is 1. The predicted octanol–water partition coefficient (Wildman–Crippen LogP) is 5.76. The van der Waals surface area contributed by atoms with Crippen LogP contribution in [0, 0.1) is 5.82 Å². The quantitative estimate of drug-likeness (QED) is 0.421. The highest BCUT2D eigenvalue weighted by Crippen LogP contribution is 2.31. The monoisotopic (exact) mass is 415 g/mol. The zero-order valence-electron chi connectivity index (χ0n) is 17.1. The molecule has 0 aliphatic carbocycles. The van der Waals surface area contributed by atoms with Crippen LogP contribution >= 0.6 is 0 Å². The summed E-state index contributed by atoms with van der Waals surface area (Å²) in [5.41, 5.74) is 3.48. The topological polar surface area (TPSA) is 63.2 Å². The molecule has 31 heavy (non-hydrogen) atoms. The summed E-state index contributed by atoms with van der Waals surface area (Å²) in [4.78, 5) is 16.5. The number of benzene rings is 3. The average Bonchev–Trinajstić information content (AvgIpc) is 2.78. The molecule has 3 aromatic carbocycles. The van der Waals surface area contributed by atoms with Crippen LogP contribution in [0.2, 0.25) is 0 Å². The summed E-state index contributed by atoms with van der Waals surface area (Å²) in [6.07, 6.45) is 3.56. The maximum atomic E-state index is 13.3. The molecule has 0 atom stereocenters. The summed E-state index contributed by atoms with van der Waals surface area (Å²) in [5.74, 6) is 0.432. The first-order valence-electron chi connectivity index (χ1n) is 10.0. The lowest BCUT2D eigenvalue weighted by Crippen LogP contribution is -2.28. The number of aromatic nitrogens is 1. The average molecular weight is 415 g/mol. The third-order valence-electron chi connectivity index (χ3n) is 4.91. The van der Waals surface area contributed by atoms with Crippen molar-refractivity contribution in [3.8, 4) is 16.9 Å². The molecule has 0 aliphatic rings. The molecule has 6 heteroatoms. The Bertz CT molecular complexity index is 1210. The van der Waals surface area contributed by atoms with Gasteiger partial charge in [0.1, 0.15) is 11.6 Å². The van der Waals surface area contributed by atoms with E-state index >= 15 is 0 Å². The van der Waals surface area contributed by atoms with Crippen molar-refractivity contribution in [2.24, 2.45) is 0 Å². The summed E-state index contributed by atoms with van der Waals surface area (Å²) in [6, 6.07) is 19.3. The molecule has 0 spiro atoms. The molecule has 1 heterocycles. The summed E-state index contributed by atoms with van der Waals surface area (Å²) in [7, 11) is 0. The minimum absolute atomic E-state index is 0.312. The van der Waals surface area contributed by atoms with Gasteiger partial charge >= 0.3 is 6.03 Å². The number of fused-ring (bicyclic) bond motifs is 1. The Morgan fingerprint density at radius 1 is 1.03 bits per heavy atom. The summed E-state index contributed by atoms with van der Waals surface area (Å²) in [5, 5.41) is 7.46. The first-order chi connectivity index (χ1) is 15.1. The van der Waals surface area contributed by atoms with Gasteiger partial charge in [-0.25, -0.2) is 9.18 Å². The Morgan fingerprint density at radius 2 is 1.87 bits per heavy atom. The number of urea groups is 1. The zero-order chi connectivity index (χ0) is 21.6. The van der Waals surface area contributed by atoms with Crippen LogP contribution in [0.25, 0.3) is 21.9 Å². The molecule has 2 amide bonds. The van der Waals surface area contributed by atoms with Gasteiger partial charge in [0.05, 0.1) is 6.61 Å². The molecular formula is C25H22FN3O2. The standard InChI is InChI=1S/C25H22FN3O2/c1-2-31-21-9-6-17(7-10-21)22-11-8-18(24-16-27-13-12-23(22)24)15-28-25(30)29-20-5-3-4-19(26)14-20/h3-14,16H,2,15H2,1H3,(H2,28,29,30). The number of anilines is 1. The first kappa shape index (κ1) is 20.3. The van der Waals surface area contributed by atoms with Gasteiger partial charge in [0, 0.05) is 30.0 Å². The molecule has 0 fully saturated rings. The van der Waals surface area contributed by atoms with Crippen LogP contribution in [-0.4, -0.2) is 17.6 Å². The van der Waals surface area contributed by atoms with Crippen molar-refractivity contribution in [1.82, 2.24) is 10.3 Å². The molecule has 0 saturated carbocycles. The Hall–Kier alpha value is -3.93. The van der Waals surface area contributed by atoms with Gasteiger partial charge in [0.2, 0.25) is 0 Å². The Morgan fingerprint density at radius 3 is 2.65 bits per heavy atom. The second kappa shape index (κ2) is 9.26. The molecule has 2 N–H and O–H groups in total. The Kier molecular flexibility index (Phi) is 6.08. The molecule has 0 radical (unpaired) electrons. The summed E-state index contributed by atoms with van der Waals surface area (Å²) < 4.78 is 18.8. The van der Waals surface area contributed by atoms with E-state index < -0.39 is 11.8 Å². The molecule has 5 nitrogen and oxygen atoms in total. The van der Waals surface area contributed by atoms with E-state index in [9.17, 15) is 9.18 Å². The van der Waals surface area contributed by atoms with E-state index in [1.165, 1.54) is 12.1 Å². The Balaban J connectivity index is 1.54. The number of pyridine rings is 1. The molecule has 156 valence electrons. The van der Waals surface area contributed by atoms with E-state index in [-0.39, 0.29) is 0 Å². The van der Waals surface area contributed by atoms with Crippen LogP contribution in [0.3, 0.4) is 0 Å². The maximum absolute atomic E-state index is 13.3. The van der Waals surface area contributed by atoms with Crippen LogP contribution in [0.5, 0.6) is 5.75 Å². The first-order valence-corrected chi connectivity index (χ1v) is 10.0. The highest BCUT2D eigenvalue weighted by Gasteiger charge is 2.10. The van der Waals surface area contributed by atoms with E-state index in [2.05, 4.69) is 15.6 Å². The van der Waals surface area contributed by atoms with Gasteiger partial charge in [-0.1, -0.05) is 30.3 Å². The highest BCUT2D eigenvalue weighted by molar-refractivity contribution is 5.98. The SMILES string of the molecule is CCOc1ccc(-c2ccc(CNC(=O)Nc3cccc(F)c3)c3cnccc23)cc1. The van der Waals surface area contributed by atoms with E-state index in [0.717, 1.165) is 33.2 Å². The lowest BCUT2D eigenvalue weighted by atomic mass is 9.96. The largest absolute Gasteiger partial charge is 0.494 e. The van der Waals surface area contributed by atoms with Crippen molar-refractivity contribution >= 4 is 22.5 Å². The van der Waals surface area contributed by atoms with Crippen LogP contribution in [0.15, 0.2) is 79.1 Å². The fraction of sp³-hybridized carbons (Fsp3) is 0.120. The summed E-state index contributed by atoms with van der Waals surface area (Å²) >= 11 is 0. The number of rotatable bonds is 6. The third-order valence-corrected chi connectivity index (χ3v) is 4.91. The number of halogens is 1. The van der Waals surface area contributed by atoms with Gasteiger partial charge in [0.25, 0.3) is 0 Å². The van der Waals surface area contributed by atoms with Crippen molar-refractivity contribution in [3.63, 3.8) is 0 Å². The fourth-order valence-corrected chi connectivity index (χ4v) is 3.47. The molecule has 4 aromatic rings.